The van der Waals surface area contributed by atoms with E-state index >= 15 is 0 Å². The largest absolute Gasteiger partial charge is 0.281 e. The second kappa shape index (κ2) is 3.94. The highest BCUT2D eigenvalue weighted by molar-refractivity contribution is 6.17. The minimum absolute atomic E-state index is 0.294. The first kappa shape index (κ1) is 11.0. The summed E-state index contributed by atoms with van der Waals surface area (Å²) in [5.41, 5.74) is 5.31. The van der Waals surface area contributed by atoms with Gasteiger partial charge in [0.05, 0.1) is 11.3 Å². The van der Waals surface area contributed by atoms with Crippen molar-refractivity contribution >= 4 is 11.4 Å². The molecule has 0 aromatic heterocycles. The lowest BCUT2D eigenvalue weighted by atomic mass is 10.0. The average Bonchev–Trinajstić information content (AvgIpc) is 2.67. The van der Waals surface area contributed by atoms with Gasteiger partial charge in [-0.05, 0) is 6.92 Å². The van der Waals surface area contributed by atoms with Crippen LogP contribution in [0.3, 0.4) is 0 Å². The zero-order chi connectivity index (χ0) is 12.7. The maximum atomic E-state index is 14.5. The Hall–Kier alpha value is -2.17. The highest BCUT2D eigenvalue weighted by Crippen LogP contribution is 2.27. The number of hydrogen-bond acceptors (Lipinski definition) is 4. The van der Waals surface area contributed by atoms with Crippen LogP contribution in [0.4, 0.5) is 4.39 Å². The zero-order valence-corrected chi connectivity index (χ0v) is 10.2. The first-order valence-corrected chi connectivity index (χ1v) is 5.75. The molecule has 5 heteroatoms. The Morgan fingerprint density at radius 3 is 2.72 bits per heavy atom. The maximum absolute atomic E-state index is 14.5. The second-order valence-electron chi connectivity index (χ2n) is 4.34. The topological polar surface area (TPSA) is 40.0 Å². The maximum Gasteiger partial charge on any atom is 0.161 e. The van der Waals surface area contributed by atoms with Crippen molar-refractivity contribution in [1.82, 2.24) is 10.4 Å². The molecule has 0 saturated carbocycles. The van der Waals surface area contributed by atoms with E-state index in [0.29, 0.717) is 17.0 Å². The van der Waals surface area contributed by atoms with Crippen molar-refractivity contribution in [2.24, 2.45) is 10.2 Å². The van der Waals surface area contributed by atoms with Gasteiger partial charge in [-0.25, -0.2) is 4.39 Å². The van der Waals surface area contributed by atoms with E-state index in [9.17, 15) is 4.39 Å². The van der Waals surface area contributed by atoms with Crippen LogP contribution in [0.1, 0.15) is 12.5 Å². The fraction of sp³-hybridized carbons (Fsp3) is 0.231. The zero-order valence-electron chi connectivity index (χ0n) is 10.2. The minimum Gasteiger partial charge on any atom is -0.281 e. The molecule has 0 bridgehead atoms. The molecule has 0 radical (unpaired) electrons. The van der Waals surface area contributed by atoms with E-state index in [-0.39, 0.29) is 12.0 Å². The van der Waals surface area contributed by atoms with Crippen molar-refractivity contribution in [3.05, 3.63) is 47.3 Å². The summed E-state index contributed by atoms with van der Waals surface area (Å²) >= 11 is 0. The van der Waals surface area contributed by atoms with Crippen LogP contribution >= 0.6 is 0 Å². The molecular weight excluding hydrogens is 231 g/mol. The van der Waals surface area contributed by atoms with Gasteiger partial charge in [0.2, 0.25) is 0 Å². The molecule has 2 aliphatic rings. The average molecular weight is 244 g/mol. The van der Waals surface area contributed by atoms with Crippen molar-refractivity contribution < 1.29 is 4.39 Å². The van der Waals surface area contributed by atoms with E-state index < -0.39 is 0 Å². The molecule has 2 aliphatic heterocycles. The molecule has 2 heterocycles. The van der Waals surface area contributed by atoms with Crippen LogP contribution in [0.5, 0.6) is 0 Å². The Balaban J connectivity index is 2.07. The fourth-order valence-electron chi connectivity index (χ4n) is 2.25. The molecule has 1 N–H and O–H groups in total. The van der Waals surface area contributed by atoms with Crippen LogP contribution < -0.4 is 5.43 Å². The molecule has 1 aromatic carbocycles. The van der Waals surface area contributed by atoms with E-state index in [1.807, 2.05) is 30.3 Å². The second-order valence-corrected chi connectivity index (χ2v) is 4.34. The van der Waals surface area contributed by atoms with E-state index in [2.05, 4.69) is 15.6 Å². The lowest BCUT2D eigenvalue weighted by molar-refractivity contribution is 0.265. The summed E-state index contributed by atoms with van der Waals surface area (Å²) in [6.07, 6.45) is -0.294. The third-order valence-electron chi connectivity index (χ3n) is 3.13. The monoisotopic (exact) mass is 244 g/mol. The van der Waals surface area contributed by atoms with Gasteiger partial charge in [0, 0.05) is 12.6 Å². The molecular formula is C13H13FN4. The number of likely N-dealkylation sites (N-methyl/N-ethyl adjacent to an activating group) is 1. The Bertz CT molecular complexity index is 574. The van der Waals surface area contributed by atoms with Crippen LogP contribution in [0, 0.1) is 0 Å². The van der Waals surface area contributed by atoms with Crippen LogP contribution in [0.2, 0.25) is 0 Å². The standard InChI is InChI=1S/C13H13FN4/c1-8-10-11(14)12(9-6-4-3-5-7-9)15-16-13(10)18(2)17-8/h3-7,13,16H,1-2H3. The predicted octanol–water partition coefficient (Wildman–Crippen LogP) is 1.86. The number of halogens is 1. The number of hydrogen-bond donors (Lipinski definition) is 1. The van der Waals surface area contributed by atoms with Crippen LogP contribution in [0.25, 0.3) is 0 Å². The van der Waals surface area contributed by atoms with E-state index in [4.69, 9.17) is 0 Å². The van der Waals surface area contributed by atoms with Crippen LogP contribution in [-0.2, 0) is 0 Å². The smallest absolute Gasteiger partial charge is 0.161 e. The molecule has 1 aromatic rings. The number of fused-ring (bicyclic) bond motifs is 1. The van der Waals surface area contributed by atoms with Crippen molar-refractivity contribution in [3.8, 4) is 0 Å². The lowest BCUT2D eigenvalue weighted by Gasteiger charge is -2.24. The third kappa shape index (κ3) is 1.51. The van der Waals surface area contributed by atoms with E-state index in [1.54, 1.807) is 19.0 Å². The first-order valence-electron chi connectivity index (χ1n) is 5.75. The Labute approximate surface area is 104 Å². The number of hydrazone groups is 2. The fourth-order valence-corrected chi connectivity index (χ4v) is 2.25. The predicted molar refractivity (Wildman–Crippen MR) is 68.9 cm³/mol. The molecule has 0 amide bonds. The molecule has 0 spiro atoms. The van der Waals surface area contributed by atoms with Crippen molar-refractivity contribution in [2.75, 3.05) is 7.05 Å². The Morgan fingerprint density at radius 1 is 1.28 bits per heavy atom. The van der Waals surface area contributed by atoms with Gasteiger partial charge < -0.3 is 0 Å². The van der Waals surface area contributed by atoms with Gasteiger partial charge in [-0.2, -0.15) is 10.2 Å². The molecule has 3 rings (SSSR count). The SMILES string of the molecule is CC1=NN(C)C2NN=C(c3ccccc3)C(F)=C12. The molecule has 0 fully saturated rings. The van der Waals surface area contributed by atoms with E-state index in [0.717, 1.165) is 5.56 Å². The number of rotatable bonds is 1. The molecule has 18 heavy (non-hydrogen) atoms. The van der Waals surface area contributed by atoms with E-state index in [1.165, 1.54) is 0 Å². The van der Waals surface area contributed by atoms with Gasteiger partial charge in [0.15, 0.2) is 12.0 Å². The normalized spacial score (nSPS) is 22.4. The van der Waals surface area contributed by atoms with Crippen LogP contribution in [0.15, 0.2) is 51.9 Å². The summed E-state index contributed by atoms with van der Waals surface area (Å²) < 4.78 is 14.5. The molecule has 1 atom stereocenters. The van der Waals surface area contributed by atoms with Gasteiger partial charge in [-0.3, -0.25) is 10.4 Å². The molecule has 1 unspecified atom stereocenters. The van der Waals surface area contributed by atoms with Gasteiger partial charge in [-0.15, -0.1) is 0 Å². The number of nitrogens with zero attached hydrogens (tertiary/aromatic N) is 3. The molecule has 92 valence electrons. The summed E-state index contributed by atoms with van der Waals surface area (Å²) in [4.78, 5) is 0. The summed E-state index contributed by atoms with van der Waals surface area (Å²) in [5, 5.41) is 10.0. The summed E-state index contributed by atoms with van der Waals surface area (Å²) in [6, 6.07) is 9.30. The van der Waals surface area contributed by atoms with Gasteiger partial charge >= 0.3 is 0 Å². The number of benzene rings is 1. The van der Waals surface area contributed by atoms with Crippen LogP contribution in [-0.4, -0.2) is 29.6 Å². The Kier molecular flexibility index (Phi) is 2.40. The van der Waals surface area contributed by atoms with Crippen molar-refractivity contribution in [3.63, 3.8) is 0 Å². The summed E-state index contributed by atoms with van der Waals surface area (Å²) in [7, 11) is 1.80. The van der Waals surface area contributed by atoms with Crippen molar-refractivity contribution in [1.29, 1.82) is 0 Å². The molecule has 4 nitrogen and oxygen atoms in total. The number of nitrogens with one attached hydrogen (secondary N) is 1. The van der Waals surface area contributed by atoms with Gasteiger partial charge in [-0.1, -0.05) is 30.3 Å². The Morgan fingerprint density at radius 2 is 2.00 bits per heavy atom. The van der Waals surface area contributed by atoms with Gasteiger partial charge in [0.25, 0.3) is 0 Å². The highest BCUT2D eigenvalue weighted by atomic mass is 19.1. The number of allylic oxidation sites excluding steroid dienone is 1. The first-order chi connectivity index (χ1) is 8.68. The minimum atomic E-state index is -0.296. The lowest BCUT2D eigenvalue weighted by Crippen LogP contribution is -2.40. The molecule has 0 saturated heterocycles. The third-order valence-corrected chi connectivity index (χ3v) is 3.13. The highest BCUT2D eigenvalue weighted by Gasteiger charge is 2.35. The summed E-state index contributed by atoms with van der Waals surface area (Å²) in [6.45, 7) is 1.81. The van der Waals surface area contributed by atoms with Crippen molar-refractivity contribution in [2.45, 2.75) is 13.1 Å². The molecule has 0 aliphatic carbocycles. The van der Waals surface area contributed by atoms with Gasteiger partial charge in [0.1, 0.15) is 5.71 Å². The quantitative estimate of drug-likeness (QED) is 0.819. The summed E-state index contributed by atoms with van der Waals surface area (Å²) in [5.74, 6) is -0.296.